The van der Waals surface area contributed by atoms with Crippen molar-refractivity contribution in [2.45, 2.75) is 42.7 Å². The van der Waals surface area contributed by atoms with Crippen LogP contribution in [-0.2, 0) is 4.74 Å². The third kappa shape index (κ3) is 1.15. The molecule has 52 valence electrons. The summed E-state index contributed by atoms with van der Waals surface area (Å²) in [5, 5.41) is 0. The molecule has 2 heteroatoms. The SMILES string of the molecule is BrC1CC2CCC(C1)O2. The van der Waals surface area contributed by atoms with Crippen molar-refractivity contribution in [3.05, 3.63) is 0 Å². The molecule has 0 radical (unpaired) electrons. The molecule has 0 amide bonds. The molecule has 0 aliphatic carbocycles. The molecule has 2 aliphatic heterocycles. The highest BCUT2D eigenvalue weighted by molar-refractivity contribution is 9.09. The van der Waals surface area contributed by atoms with Crippen molar-refractivity contribution in [1.29, 1.82) is 0 Å². The van der Waals surface area contributed by atoms with E-state index in [-0.39, 0.29) is 0 Å². The fourth-order valence-electron chi connectivity index (χ4n) is 1.79. The van der Waals surface area contributed by atoms with Crippen LogP contribution >= 0.6 is 15.9 Å². The molecule has 2 fully saturated rings. The number of halogens is 1. The van der Waals surface area contributed by atoms with Crippen molar-refractivity contribution in [2.24, 2.45) is 0 Å². The third-order valence-corrected chi connectivity index (χ3v) is 2.98. The van der Waals surface area contributed by atoms with E-state index in [1.165, 1.54) is 25.7 Å². The molecule has 2 atom stereocenters. The van der Waals surface area contributed by atoms with Gasteiger partial charge in [0.2, 0.25) is 0 Å². The van der Waals surface area contributed by atoms with E-state index in [1.54, 1.807) is 0 Å². The lowest BCUT2D eigenvalue weighted by atomic mass is 10.1. The van der Waals surface area contributed by atoms with Gasteiger partial charge in [0.25, 0.3) is 0 Å². The van der Waals surface area contributed by atoms with Crippen LogP contribution in [0.4, 0.5) is 0 Å². The number of alkyl halides is 1. The molecule has 0 spiro atoms. The fraction of sp³-hybridized carbons (Fsp3) is 1.00. The van der Waals surface area contributed by atoms with Gasteiger partial charge < -0.3 is 4.74 Å². The van der Waals surface area contributed by atoms with Crippen molar-refractivity contribution in [1.82, 2.24) is 0 Å². The summed E-state index contributed by atoms with van der Waals surface area (Å²) in [6.45, 7) is 0. The van der Waals surface area contributed by atoms with Gasteiger partial charge in [0, 0.05) is 4.83 Å². The average molecular weight is 191 g/mol. The van der Waals surface area contributed by atoms with E-state index in [0.29, 0.717) is 12.2 Å². The lowest BCUT2D eigenvalue weighted by Gasteiger charge is -2.23. The van der Waals surface area contributed by atoms with Gasteiger partial charge in [-0.25, -0.2) is 0 Å². The van der Waals surface area contributed by atoms with E-state index in [0.717, 1.165) is 4.83 Å². The van der Waals surface area contributed by atoms with E-state index in [2.05, 4.69) is 15.9 Å². The van der Waals surface area contributed by atoms with Gasteiger partial charge >= 0.3 is 0 Å². The van der Waals surface area contributed by atoms with Crippen molar-refractivity contribution in [3.8, 4) is 0 Å². The standard InChI is InChI=1S/C7H11BrO/c8-5-3-6-1-2-7(4-5)9-6/h5-7H,1-4H2. The summed E-state index contributed by atoms with van der Waals surface area (Å²) in [7, 11) is 0. The number of hydrogen-bond donors (Lipinski definition) is 0. The Labute approximate surface area is 63.9 Å². The first-order chi connectivity index (χ1) is 4.34. The number of ether oxygens (including phenoxy) is 1. The molecule has 0 aromatic heterocycles. The average Bonchev–Trinajstić information content (AvgIpc) is 2.11. The maximum absolute atomic E-state index is 5.64. The number of fused-ring (bicyclic) bond motifs is 2. The summed E-state index contributed by atoms with van der Waals surface area (Å²) in [6, 6.07) is 0. The predicted octanol–water partition coefficient (Wildman–Crippen LogP) is 2.09. The van der Waals surface area contributed by atoms with Crippen LogP contribution in [0, 0.1) is 0 Å². The molecule has 2 bridgehead atoms. The normalized spacial score (nSPS) is 49.7. The lowest BCUT2D eigenvalue weighted by Crippen LogP contribution is -2.24. The highest BCUT2D eigenvalue weighted by Gasteiger charge is 2.33. The Hall–Kier alpha value is 0.440. The molecule has 1 nitrogen and oxygen atoms in total. The van der Waals surface area contributed by atoms with Gasteiger partial charge in [-0.2, -0.15) is 0 Å². The van der Waals surface area contributed by atoms with Gasteiger partial charge in [-0.05, 0) is 25.7 Å². The molecule has 2 heterocycles. The highest BCUT2D eigenvalue weighted by atomic mass is 79.9. The van der Waals surface area contributed by atoms with Crippen LogP contribution in [0.15, 0.2) is 0 Å². The molecule has 0 saturated carbocycles. The van der Waals surface area contributed by atoms with Crippen molar-refractivity contribution in [3.63, 3.8) is 0 Å². The summed E-state index contributed by atoms with van der Waals surface area (Å²) in [4.78, 5) is 0.740. The molecule has 2 aliphatic rings. The van der Waals surface area contributed by atoms with Crippen molar-refractivity contribution in [2.75, 3.05) is 0 Å². The molecule has 9 heavy (non-hydrogen) atoms. The van der Waals surface area contributed by atoms with Crippen molar-refractivity contribution >= 4 is 15.9 Å². The maximum Gasteiger partial charge on any atom is 0.0590 e. The van der Waals surface area contributed by atoms with Crippen LogP contribution < -0.4 is 0 Å². The summed E-state index contributed by atoms with van der Waals surface area (Å²) >= 11 is 3.63. The van der Waals surface area contributed by atoms with E-state index in [4.69, 9.17) is 4.74 Å². The Morgan fingerprint density at radius 3 is 2.22 bits per heavy atom. The lowest BCUT2D eigenvalue weighted by molar-refractivity contribution is 0.00950. The minimum Gasteiger partial charge on any atom is -0.375 e. The second kappa shape index (κ2) is 2.24. The Morgan fingerprint density at radius 1 is 1.11 bits per heavy atom. The molecule has 0 N–H and O–H groups in total. The van der Waals surface area contributed by atoms with Gasteiger partial charge in [-0.1, -0.05) is 15.9 Å². The smallest absolute Gasteiger partial charge is 0.0590 e. The first-order valence-corrected chi connectivity index (χ1v) is 4.55. The highest BCUT2D eigenvalue weighted by Crippen LogP contribution is 2.35. The molecule has 2 rings (SSSR count). The second-order valence-electron chi connectivity index (χ2n) is 3.03. The second-order valence-corrected chi connectivity index (χ2v) is 4.32. The topological polar surface area (TPSA) is 9.23 Å². The third-order valence-electron chi connectivity index (χ3n) is 2.23. The quantitative estimate of drug-likeness (QED) is 0.532. The van der Waals surface area contributed by atoms with Crippen LogP contribution in [0.3, 0.4) is 0 Å². The van der Waals surface area contributed by atoms with E-state index < -0.39 is 0 Å². The summed E-state index contributed by atoms with van der Waals surface area (Å²) in [6.07, 6.45) is 6.24. The molecule has 2 saturated heterocycles. The van der Waals surface area contributed by atoms with Gasteiger partial charge in [-0.15, -0.1) is 0 Å². The minimum atomic E-state index is 0.591. The Morgan fingerprint density at radius 2 is 1.67 bits per heavy atom. The minimum absolute atomic E-state index is 0.591. The van der Waals surface area contributed by atoms with E-state index in [9.17, 15) is 0 Å². The molecular formula is C7H11BrO. The monoisotopic (exact) mass is 190 g/mol. The predicted molar refractivity (Wildman–Crippen MR) is 39.8 cm³/mol. The summed E-state index contributed by atoms with van der Waals surface area (Å²) in [5.41, 5.74) is 0. The Kier molecular flexibility index (Phi) is 1.54. The largest absolute Gasteiger partial charge is 0.375 e. The van der Waals surface area contributed by atoms with Crippen LogP contribution in [0.5, 0.6) is 0 Å². The maximum atomic E-state index is 5.64. The van der Waals surface area contributed by atoms with Gasteiger partial charge in [-0.3, -0.25) is 0 Å². The van der Waals surface area contributed by atoms with Gasteiger partial charge in [0.1, 0.15) is 0 Å². The zero-order valence-electron chi connectivity index (χ0n) is 5.35. The summed E-state index contributed by atoms with van der Waals surface area (Å²) in [5.74, 6) is 0. The number of rotatable bonds is 0. The van der Waals surface area contributed by atoms with Crippen LogP contribution in [-0.4, -0.2) is 17.0 Å². The first-order valence-electron chi connectivity index (χ1n) is 3.64. The fourth-order valence-corrected chi connectivity index (χ4v) is 2.63. The first kappa shape index (κ1) is 6.17. The molecular weight excluding hydrogens is 180 g/mol. The van der Waals surface area contributed by atoms with Crippen LogP contribution in [0.2, 0.25) is 0 Å². The molecule has 0 aromatic rings. The Bertz CT molecular complexity index is 103. The molecule has 2 unspecified atom stereocenters. The van der Waals surface area contributed by atoms with Gasteiger partial charge in [0.15, 0.2) is 0 Å². The Balaban J connectivity index is 2.03. The van der Waals surface area contributed by atoms with Crippen molar-refractivity contribution < 1.29 is 4.74 Å². The van der Waals surface area contributed by atoms with Gasteiger partial charge in [0.05, 0.1) is 12.2 Å². The summed E-state index contributed by atoms with van der Waals surface area (Å²) < 4.78 is 5.64. The zero-order valence-corrected chi connectivity index (χ0v) is 6.93. The van der Waals surface area contributed by atoms with E-state index in [1.807, 2.05) is 0 Å². The van der Waals surface area contributed by atoms with Crippen LogP contribution in [0.1, 0.15) is 25.7 Å². The zero-order chi connectivity index (χ0) is 6.27. The molecule has 0 aromatic carbocycles. The van der Waals surface area contributed by atoms with E-state index >= 15 is 0 Å². The number of hydrogen-bond acceptors (Lipinski definition) is 1. The van der Waals surface area contributed by atoms with Crippen LogP contribution in [0.25, 0.3) is 0 Å².